The molecule has 1 saturated heterocycles. The molecular formula is C15H23N3O2. The smallest absolute Gasteiger partial charge is 0.409 e. The van der Waals surface area contributed by atoms with Crippen molar-refractivity contribution in [1.82, 2.24) is 4.90 Å². The van der Waals surface area contributed by atoms with Crippen LogP contribution in [0.4, 0.5) is 16.2 Å². The van der Waals surface area contributed by atoms with Crippen molar-refractivity contribution in [2.45, 2.75) is 32.7 Å². The summed E-state index contributed by atoms with van der Waals surface area (Å²) in [5, 5.41) is 3.51. The molecule has 110 valence electrons. The van der Waals surface area contributed by atoms with Gasteiger partial charge in [-0.05, 0) is 38.3 Å². The molecule has 1 aliphatic heterocycles. The number of anilines is 2. The summed E-state index contributed by atoms with van der Waals surface area (Å²) in [5.74, 6) is 0. The molecule has 1 fully saturated rings. The molecule has 3 N–H and O–H groups in total. The average molecular weight is 277 g/mol. The van der Waals surface area contributed by atoms with Crippen LogP contribution in [0.1, 0.15) is 25.3 Å². The molecule has 2 rings (SSSR count). The number of nitrogen functional groups attached to an aromatic ring is 1. The summed E-state index contributed by atoms with van der Waals surface area (Å²) in [4.78, 5) is 13.4. The standard InChI is InChI=1S/C15H23N3O2/c1-3-20-15(19)18-9-7-12(8-10-18)17-14-11(2)5-4-6-13(14)16/h4-6,12,17H,3,7-10,16H2,1-2H3. The van der Waals surface area contributed by atoms with Gasteiger partial charge in [0.1, 0.15) is 0 Å². The van der Waals surface area contributed by atoms with Crippen LogP contribution in [0.15, 0.2) is 18.2 Å². The summed E-state index contributed by atoms with van der Waals surface area (Å²) in [5.41, 5.74) is 8.95. The number of likely N-dealkylation sites (tertiary alicyclic amines) is 1. The molecule has 0 saturated carbocycles. The van der Waals surface area contributed by atoms with E-state index in [1.807, 2.05) is 32.0 Å². The Hall–Kier alpha value is -1.91. The highest BCUT2D eigenvalue weighted by Crippen LogP contribution is 2.25. The summed E-state index contributed by atoms with van der Waals surface area (Å²) in [7, 11) is 0. The number of hydrogen-bond acceptors (Lipinski definition) is 4. The molecule has 0 aliphatic carbocycles. The maximum absolute atomic E-state index is 11.6. The third-order valence-corrected chi connectivity index (χ3v) is 3.67. The number of carbonyl (C=O) groups is 1. The molecule has 0 spiro atoms. The first-order valence-corrected chi connectivity index (χ1v) is 7.15. The highest BCUT2D eigenvalue weighted by molar-refractivity contribution is 5.70. The van der Waals surface area contributed by atoms with Gasteiger partial charge in [-0.3, -0.25) is 0 Å². The minimum atomic E-state index is -0.207. The number of nitrogens with one attached hydrogen (secondary N) is 1. The van der Waals surface area contributed by atoms with Crippen LogP contribution in [-0.2, 0) is 4.74 Å². The van der Waals surface area contributed by atoms with Crippen LogP contribution in [0.5, 0.6) is 0 Å². The van der Waals surface area contributed by atoms with Crippen molar-refractivity contribution >= 4 is 17.5 Å². The van der Waals surface area contributed by atoms with Crippen molar-refractivity contribution in [3.63, 3.8) is 0 Å². The largest absolute Gasteiger partial charge is 0.450 e. The number of nitrogens with zero attached hydrogens (tertiary/aromatic N) is 1. The van der Waals surface area contributed by atoms with Crippen molar-refractivity contribution < 1.29 is 9.53 Å². The molecule has 0 atom stereocenters. The molecule has 0 bridgehead atoms. The second-order valence-electron chi connectivity index (χ2n) is 5.14. The van der Waals surface area contributed by atoms with Crippen molar-refractivity contribution in [2.75, 3.05) is 30.7 Å². The fourth-order valence-electron chi connectivity index (χ4n) is 2.51. The van der Waals surface area contributed by atoms with Crippen LogP contribution in [0, 0.1) is 6.92 Å². The third kappa shape index (κ3) is 3.35. The van der Waals surface area contributed by atoms with E-state index in [2.05, 4.69) is 5.32 Å². The Morgan fingerprint density at radius 2 is 2.15 bits per heavy atom. The van der Waals surface area contributed by atoms with Crippen molar-refractivity contribution in [3.8, 4) is 0 Å². The monoisotopic (exact) mass is 277 g/mol. The molecular weight excluding hydrogens is 254 g/mol. The summed E-state index contributed by atoms with van der Waals surface area (Å²) < 4.78 is 5.02. The molecule has 5 nitrogen and oxygen atoms in total. The van der Waals surface area contributed by atoms with Crippen LogP contribution < -0.4 is 11.1 Å². The van der Waals surface area contributed by atoms with Gasteiger partial charge in [-0.25, -0.2) is 4.79 Å². The van der Waals surface area contributed by atoms with E-state index in [9.17, 15) is 4.79 Å². The number of carbonyl (C=O) groups excluding carboxylic acids is 1. The fourth-order valence-corrected chi connectivity index (χ4v) is 2.51. The van der Waals surface area contributed by atoms with Crippen LogP contribution in [0.2, 0.25) is 0 Å². The van der Waals surface area contributed by atoms with Gasteiger partial charge in [0, 0.05) is 19.1 Å². The molecule has 0 unspecified atom stereocenters. The van der Waals surface area contributed by atoms with E-state index in [0.717, 1.165) is 42.9 Å². The number of rotatable bonds is 3. The van der Waals surface area contributed by atoms with E-state index < -0.39 is 0 Å². The van der Waals surface area contributed by atoms with E-state index in [-0.39, 0.29) is 6.09 Å². The first kappa shape index (κ1) is 14.5. The molecule has 5 heteroatoms. The Morgan fingerprint density at radius 1 is 1.45 bits per heavy atom. The normalized spacial score (nSPS) is 16.0. The van der Waals surface area contributed by atoms with Gasteiger partial charge in [0.15, 0.2) is 0 Å². The maximum Gasteiger partial charge on any atom is 0.409 e. The Morgan fingerprint density at radius 3 is 2.75 bits per heavy atom. The van der Waals surface area contributed by atoms with Crippen LogP contribution in [0.25, 0.3) is 0 Å². The topological polar surface area (TPSA) is 67.6 Å². The van der Waals surface area contributed by atoms with Gasteiger partial charge >= 0.3 is 6.09 Å². The second-order valence-corrected chi connectivity index (χ2v) is 5.14. The van der Waals surface area contributed by atoms with Crippen molar-refractivity contribution in [2.24, 2.45) is 0 Å². The van der Waals surface area contributed by atoms with Gasteiger partial charge in [0.25, 0.3) is 0 Å². The Kier molecular flexibility index (Phi) is 4.71. The summed E-state index contributed by atoms with van der Waals surface area (Å²) >= 11 is 0. The van der Waals surface area contributed by atoms with Crippen LogP contribution >= 0.6 is 0 Å². The molecule has 0 radical (unpaired) electrons. The predicted octanol–water partition coefficient (Wildman–Crippen LogP) is 2.61. The van der Waals surface area contributed by atoms with E-state index in [0.29, 0.717) is 12.6 Å². The third-order valence-electron chi connectivity index (χ3n) is 3.67. The van der Waals surface area contributed by atoms with E-state index in [1.165, 1.54) is 0 Å². The lowest BCUT2D eigenvalue weighted by Crippen LogP contribution is -2.42. The molecule has 0 aromatic heterocycles. The lowest BCUT2D eigenvalue weighted by Gasteiger charge is -2.32. The molecule has 20 heavy (non-hydrogen) atoms. The van der Waals surface area contributed by atoms with Gasteiger partial charge in [-0.1, -0.05) is 12.1 Å². The van der Waals surface area contributed by atoms with Gasteiger partial charge in [-0.15, -0.1) is 0 Å². The summed E-state index contributed by atoms with van der Waals surface area (Å²) in [6.07, 6.45) is 1.61. The minimum Gasteiger partial charge on any atom is -0.450 e. The van der Waals surface area contributed by atoms with E-state index in [1.54, 1.807) is 4.90 Å². The molecule has 1 amide bonds. The summed E-state index contributed by atoms with van der Waals surface area (Å²) in [6.45, 7) is 5.75. The van der Waals surface area contributed by atoms with Gasteiger partial charge in [-0.2, -0.15) is 0 Å². The molecule has 1 aliphatic rings. The lowest BCUT2D eigenvalue weighted by atomic mass is 10.0. The Labute approximate surface area is 120 Å². The van der Waals surface area contributed by atoms with Gasteiger partial charge < -0.3 is 20.7 Å². The zero-order chi connectivity index (χ0) is 14.5. The Balaban J connectivity index is 1.90. The quantitative estimate of drug-likeness (QED) is 0.833. The summed E-state index contributed by atoms with van der Waals surface area (Å²) in [6, 6.07) is 6.26. The number of piperidine rings is 1. The first-order chi connectivity index (χ1) is 9.61. The van der Waals surface area contributed by atoms with E-state index in [4.69, 9.17) is 10.5 Å². The second kappa shape index (κ2) is 6.50. The maximum atomic E-state index is 11.6. The fraction of sp³-hybridized carbons (Fsp3) is 0.533. The Bertz CT molecular complexity index is 448. The number of ether oxygens (including phenoxy) is 1. The van der Waals surface area contributed by atoms with Crippen LogP contribution in [-0.4, -0.2) is 36.7 Å². The molecule has 1 aromatic rings. The lowest BCUT2D eigenvalue weighted by molar-refractivity contribution is 0.0983. The predicted molar refractivity (Wildman–Crippen MR) is 80.8 cm³/mol. The molecule has 1 aromatic carbocycles. The SMILES string of the molecule is CCOC(=O)N1CCC(Nc2c(C)cccc2N)CC1. The van der Waals surface area contributed by atoms with Gasteiger partial charge in [0.05, 0.1) is 18.0 Å². The highest BCUT2D eigenvalue weighted by Gasteiger charge is 2.23. The molecule has 1 heterocycles. The number of amides is 1. The number of benzene rings is 1. The van der Waals surface area contributed by atoms with Gasteiger partial charge in [0.2, 0.25) is 0 Å². The number of hydrogen-bond donors (Lipinski definition) is 2. The zero-order valence-corrected chi connectivity index (χ0v) is 12.2. The zero-order valence-electron chi connectivity index (χ0n) is 12.2. The number of para-hydroxylation sites is 1. The average Bonchev–Trinajstić information content (AvgIpc) is 2.44. The van der Waals surface area contributed by atoms with Crippen LogP contribution in [0.3, 0.4) is 0 Å². The minimum absolute atomic E-state index is 0.207. The number of nitrogens with two attached hydrogens (primary N) is 1. The van der Waals surface area contributed by atoms with E-state index >= 15 is 0 Å². The van der Waals surface area contributed by atoms with Crippen molar-refractivity contribution in [1.29, 1.82) is 0 Å². The number of aryl methyl sites for hydroxylation is 1. The first-order valence-electron chi connectivity index (χ1n) is 7.15. The van der Waals surface area contributed by atoms with Crippen molar-refractivity contribution in [3.05, 3.63) is 23.8 Å². The highest BCUT2D eigenvalue weighted by atomic mass is 16.6.